The molecule has 1 fully saturated rings. The molecule has 0 aliphatic carbocycles. The molecule has 4 heteroatoms. The standard InChI is InChI=1S/C14H27N3O/c1-3-7-16-14(2,13-15)6-4-8-17-9-5-11-18-12-10-17/h16H,3-12H2,1-2H3. The fourth-order valence-electron chi connectivity index (χ4n) is 2.26. The molecule has 18 heavy (non-hydrogen) atoms. The van der Waals surface area contributed by atoms with Gasteiger partial charge in [0.05, 0.1) is 12.7 Å². The van der Waals surface area contributed by atoms with Gasteiger partial charge in [-0.3, -0.25) is 5.32 Å². The molecular formula is C14H27N3O. The Labute approximate surface area is 111 Å². The summed E-state index contributed by atoms with van der Waals surface area (Å²) in [7, 11) is 0. The Morgan fingerprint density at radius 2 is 2.22 bits per heavy atom. The Morgan fingerprint density at radius 3 is 2.94 bits per heavy atom. The highest BCUT2D eigenvalue weighted by atomic mass is 16.5. The molecule has 0 aromatic carbocycles. The first-order chi connectivity index (χ1) is 8.70. The van der Waals surface area contributed by atoms with Gasteiger partial charge in [-0.05, 0) is 45.7 Å². The number of hydrogen-bond donors (Lipinski definition) is 1. The molecule has 0 saturated carbocycles. The molecule has 0 bridgehead atoms. The number of nitrogens with one attached hydrogen (secondary N) is 1. The van der Waals surface area contributed by atoms with Crippen LogP contribution in [0.25, 0.3) is 0 Å². The molecule has 1 rings (SSSR count). The van der Waals surface area contributed by atoms with Gasteiger partial charge in [0, 0.05) is 19.7 Å². The fourth-order valence-corrected chi connectivity index (χ4v) is 2.26. The third kappa shape index (κ3) is 5.81. The normalized spacial score (nSPS) is 20.9. The van der Waals surface area contributed by atoms with Crippen molar-refractivity contribution in [1.82, 2.24) is 10.2 Å². The van der Waals surface area contributed by atoms with Crippen molar-refractivity contribution < 1.29 is 4.74 Å². The lowest BCUT2D eigenvalue weighted by Gasteiger charge is -2.25. The molecule has 1 N–H and O–H groups in total. The summed E-state index contributed by atoms with van der Waals surface area (Å²) >= 11 is 0. The number of hydrogen-bond acceptors (Lipinski definition) is 4. The highest BCUT2D eigenvalue weighted by molar-refractivity contribution is 5.03. The predicted molar refractivity (Wildman–Crippen MR) is 73.4 cm³/mol. The molecule has 104 valence electrons. The number of rotatable bonds is 7. The maximum absolute atomic E-state index is 9.25. The number of nitriles is 1. The minimum Gasteiger partial charge on any atom is -0.380 e. The second kappa shape index (κ2) is 8.47. The molecular weight excluding hydrogens is 226 g/mol. The second-order valence-corrected chi connectivity index (χ2v) is 5.28. The Bertz CT molecular complexity index is 256. The third-order valence-corrected chi connectivity index (χ3v) is 3.48. The molecule has 1 aliphatic heterocycles. The van der Waals surface area contributed by atoms with E-state index >= 15 is 0 Å². The second-order valence-electron chi connectivity index (χ2n) is 5.28. The number of nitrogens with zero attached hydrogens (tertiary/aromatic N) is 2. The molecule has 1 heterocycles. The summed E-state index contributed by atoms with van der Waals surface area (Å²) in [6.07, 6.45) is 4.19. The Kier molecular flexibility index (Phi) is 7.26. The van der Waals surface area contributed by atoms with Crippen molar-refractivity contribution in [2.75, 3.05) is 39.4 Å². The number of ether oxygens (including phenoxy) is 1. The van der Waals surface area contributed by atoms with E-state index in [0.717, 1.165) is 65.1 Å². The summed E-state index contributed by atoms with van der Waals surface area (Å²) in [5.74, 6) is 0. The first-order valence-electron chi connectivity index (χ1n) is 7.16. The van der Waals surface area contributed by atoms with Crippen molar-refractivity contribution in [2.45, 2.75) is 45.1 Å². The summed E-state index contributed by atoms with van der Waals surface area (Å²) in [5.41, 5.74) is -0.363. The van der Waals surface area contributed by atoms with E-state index in [9.17, 15) is 5.26 Å². The van der Waals surface area contributed by atoms with Gasteiger partial charge in [-0.25, -0.2) is 0 Å². The van der Waals surface area contributed by atoms with Crippen molar-refractivity contribution in [3.05, 3.63) is 0 Å². The maximum atomic E-state index is 9.25. The topological polar surface area (TPSA) is 48.3 Å². The average molecular weight is 253 g/mol. The van der Waals surface area contributed by atoms with Crippen LogP contribution >= 0.6 is 0 Å². The van der Waals surface area contributed by atoms with Gasteiger partial charge in [0.1, 0.15) is 5.54 Å². The molecule has 1 unspecified atom stereocenters. The SMILES string of the molecule is CCCNC(C)(C#N)CCCN1CCCOCC1. The average Bonchev–Trinajstić information content (AvgIpc) is 2.65. The molecule has 4 nitrogen and oxygen atoms in total. The zero-order valence-corrected chi connectivity index (χ0v) is 11.9. The Morgan fingerprint density at radius 1 is 1.39 bits per heavy atom. The molecule has 0 spiro atoms. The lowest BCUT2D eigenvalue weighted by molar-refractivity contribution is 0.141. The van der Waals surface area contributed by atoms with Crippen molar-refractivity contribution in [2.24, 2.45) is 0 Å². The summed E-state index contributed by atoms with van der Waals surface area (Å²) < 4.78 is 5.44. The van der Waals surface area contributed by atoms with E-state index in [-0.39, 0.29) is 5.54 Å². The fraction of sp³-hybridized carbons (Fsp3) is 0.929. The van der Waals surface area contributed by atoms with Gasteiger partial charge in [-0.2, -0.15) is 5.26 Å². The van der Waals surface area contributed by atoms with E-state index in [1.807, 2.05) is 6.92 Å². The summed E-state index contributed by atoms with van der Waals surface area (Å²) in [6, 6.07) is 2.41. The lowest BCUT2D eigenvalue weighted by Crippen LogP contribution is -2.42. The Hall–Kier alpha value is -0.630. The zero-order chi connectivity index (χ0) is 13.3. The van der Waals surface area contributed by atoms with Crippen LogP contribution in [0.2, 0.25) is 0 Å². The monoisotopic (exact) mass is 253 g/mol. The first-order valence-corrected chi connectivity index (χ1v) is 7.16. The van der Waals surface area contributed by atoms with Crippen LogP contribution in [0, 0.1) is 11.3 Å². The van der Waals surface area contributed by atoms with E-state index in [2.05, 4.69) is 23.2 Å². The van der Waals surface area contributed by atoms with Crippen LogP contribution in [-0.4, -0.2) is 49.8 Å². The van der Waals surface area contributed by atoms with Crippen LogP contribution in [0.3, 0.4) is 0 Å². The van der Waals surface area contributed by atoms with Crippen molar-refractivity contribution in [1.29, 1.82) is 5.26 Å². The van der Waals surface area contributed by atoms with Gasteiger partial charge in [0.25, 0.3) is 0 Å². The summed E-state index contributed by atoms with van der Waals surface area (Å²) in [6.45, 7) is 10.0. The van der Waals surface area contributed by atoms with E-state index < -0.39 is 0 Å². The maximum Gasteiger partial charge on any atom is 0.103 e. The quantitative estimate of drug-likeness (QED) is 0.751. The van der Waals surface area contributed by atoms with Gasteiger partial charge < -0.3 is 9.64 Å². The molecule has 0 amide bonds. The van der Waals surface area contributed by atoms with Crippen molar-refractivity contribution >= 4 is 0 Å². The summed E-state index contributed by atoms with van der Waals surface area (Å²) in [5, 5.41) is 12.6. The zero-order valence-electron chi connectivity index (χ0n) is 11.9. The van der Waals surface area contributed by atoms with Gasteiger partial charge in [-0.15, -0.1) is 0 Å². The third-order valence-electron chi connectivity index (χ3n) is 3.48. The molecule has 0 aromatic rings. The lowest BCUT2D eigenvalue weighted by atomic mass is 9.97. The van der Waals surface area contributed by atoms with E-state index in [1.165, 1.54) is 0 Å². The van der Waals surface area contributed by atoms with E-state index in [1.54, 1.807) is 0 Å². The van der Waals surface area contributed by atoms with Crippen LogP contribution in [0.5, 0.6) is 0 Å². The molecule has 0 aromatic heterocycles. The minimum atomic E-state index is -0.363. The highest BCUT2D eigenvalue weighted by Crippen LogP contribution is 2.12. The van der Waals surface area contributed by atoms with E-state index in [0.29, 0.717) is 0 Å². The van der Waals surface area contributed by atoms with E-state index in [4.69, 9.17) is 4.74 Å². The minimum absolute atomic E-state index is 0.363. The van der Waals surface area contributed by atoms with Gasteiger partial charge in [0.2, 0.25) is 0 Å². The van der Waals surface area contributed by atoms with Crippen LogP contribution in [0.1, 0.15) is 39.5 Å². The van der Waals surface area contributed by atoms with Crippen LogP contribution in [-0.2, 0) is 4.74 Å². The van der Waals surface area contributed by atoms with Gasteiger partial charge in [0.15, 0.2) is 0 Å². The molecule has 0 radical (unpaired) electrons. The van der Waals surface area contributed by atoms with Crippen molar-refractivity contribution in [3.63, 3.8) is 0 Å². The van der Waals surface area contributed by atoms with Crippen LogP contribution < -0.4 is 5.32 Å². The van der Waals surface area contributed by atoms with Gasteiger partial charge >= 0.3 is 0 Å². The Balaban J connectivity index is 2.23. The van der Waals surface area contributed by atoms with Crippen molar-refractivity contribution in [3.8, 4) is 6.07 Å². The molecule has 1 saturated heterocycles. The molecule has 1 aliphatic rings. The van der Waals surface area contributed by atoms with Crippen LogP contribution in [0.4, 0.5) is 0 Å². The summed E-state index contributed by atoms with van der Waals surface area (Å²) in [4.78, 5) is 2.45. The highest BCUT2D eigenvalue weighted by Gasteiger charge is 2.22. The van der Waals surface area contributed by atoms with Gasteiger partial charge in [-0.1, -0.05) is 6.92 Å². The smallest absolute Gasteiger partial charge is 0.103 e. The predicted octanol–water partition coefficient (Wildman–Crippen LogP) is 1.77. The molecule has 1 atom stereocenters. The first kappa shape index (κ1) is 15.4. The van der Waals surface area contributed by atoms with Crippen LogP contribution in [0.15, 0.2) is 0 Å². The largest absolute Gasteiger partial charge is 0.380 e.